The van der Waals surface area contributed by atoms with Crippen LogP contribution in [0.25, 0.3) is 0 Å². The van der Waals surface area contributed by atoms with E-state index in [-0.39, 0.29) is 12.5 Å². The minimum atomic E-state index is -0.775. The number of nitrogens with zero attached hydrogens (tertiary/aromatic N) is 1. The van der Waals surface area contributed by atoms with Gasteiger partial charge in [0.2, 0.25) is 0 Å². The number of carbonyl (C=O) groups excluding carboxylic acids is 1. The van der Waals surface area contributed by atoms with Gasteiger partial charge in [0.1, 0.15) is 5.60 Å². The molecule has 1 aromatic carbocycles. The van der Waals surface area contributed by atoms with E-state index in [2.05, 4.69) is 12.1 Å². The molecule has 0 fully saturated rings. The molecule has 0 aliphatic heterocycles. The zero-order valence-electron chi connectivity index (χ0n) is 18.2. The summed E-state index contributed by atoms with van der Waals surface area (Å²) in [4.78, 5) is 24.8. The van der Waals surface area contributed by atoms with Gasteiger partial charge in [-0.3, -0.25) is 4.79 Å². The van der Waals surface area contributed by atoms with Gasteiger partial charge in [0.25, 0.3) is 0 Å². The van der Waals surface area contributed by atoms with Crippen LogP contribution in [0.5, 0.6) is 0 Å². The molecule has 0 aromatic heterocycles. The molecule has 0 saturated carbocycles. The van der Waals surface area contributed by atoms with Crippen LogP contribution >= 0.6 is 0 Å². The molecule has 0 aliphatic rings. The molecule has 0 spiro atoms. The molecule has 1 N–H and O–H groups in total. The fourth-order valence-electron chi connectivity index (χ4n) is 2.82. The molecule has 1 rings (SSSR count). The number of benzene rings is 1. The molecule has 0 saturated heterocycles. The number of unbranched alkanes of at least 4 members (excludes halogenated alkanes) is 4. The average molecular weight is 408 g/mol. The van der Waals surface area contributed by atoms with Gasteiger partial charge in [-0.2, -0.15) is 0 Å². The topological polar surface area (TPSA) is 76.1 Å². The Morgan fingerprint density at radius 2 is 1.55 bits per heavy atom. The number of rotatable bonds is 14. The molecule has 6 nitrogen and oxygen atoms in total. The maximum Gasteiger partial charge on any atom is 0.410 e. The summed E-state index contributed by atoms with van der Waals surface area (Å²) in [5.74, 6) is -0.775. The van der Waals surface area contributed by atoms with Crippen LogP contribution in [0.3, 0.4) is 0 Å². The Morgan fingerprint density at radius 1 is 0.931 bits per heavy atom. The normalized spacial score (nSPS) is 11.3. The third-order valence-corrected chi connectivity index (χ3v) is 4.30. The van der Waals surface area contributed by atoms with E-state index in [1.165, 1.54) is 5.56 Å². The van der Waals surface area contributed by atoms with Gasteiger partial charge < -0.3 is 19.5 Å². The molecule has 1 amide bonds. The third-order valence-electron chi connectivity index (χ3n) is 4.30. The van der Waals surface area contributed by atoms with Crippen LogP contribution in [0.15, 0.2) is 30.3 Å². The lowest BCUT2D eigenvalue weighted by molar-refractivity contribution is -0.137. The van der Waals surface area contributed by atoms with Crippen molar-refractivity contribution in [3.63, 3.8) is 0 Å². The second kappa shape index (κ2) is 14.0. The van der Waals surface area contributed by atoms with Gasteiger partial charge >= 0.3 is 12.1 Å². The van der Waals surface area contributed by atoms with E-state index in [4.69, 9.17) is 14.6 Å². The van der Waals surface area contributed by atoms with Crippen molar-refractivity contribution >= 4 is 12.1 Å². The number of carboxylic acids is 1. The Hall–Kier alpha value is -2.08. The minimum absolute atomic E-state index is 0.176. The SMILES string of the molecule is CC(C)(C)OC(=O)N(CCCCCOCc1ccccc1)CCCCCC(=O)O. The summed E-state index contributed by atoms with van der Waals surface area (Å²) in [6, 6.07) is 10.1. The summed E-state index contributed by atoms with van der Waals surface area (Å²) in [5.41, 5.74) is 0.649. The van der Waals surface area contributed by atoms with Crippen LogP contribution in [0.2, 0.25) is 0 Å². The highest BCUT2D eigenvalue weighted by molar-refractivity contribution is 5.68. The lowest BCUT2D eigenvalue weighted by atomic mass is 10.1. The van der Waals surface area contributed by atoms with Crippen molar-refractivity contribution in [1.82, 2.24) is 4.90 Å². The summed E-state index contributed by atoms with van der Waals surface area (Å²) < 4.78 is 11.2. The number of hydrogen-bond donors (Lipinski definition) is 1. The maximum atomic E-state index is 12.4. The van der Waals surface area contributed by atoms with Crippen molar-refractivity contribution < 1.29 is 24.2 Å². The first kappa shape index (κ1) is 25.0. The first-order chi connectivity index (χ1) is 13.8. The molecule has 0 heterocycles. The molecule has 0 unspecified atom stereocenters. The van der Waals surface area contributed by atoms with Crippen molar-refractivity contribution in [2.45, 2.75) is 77.9 Å². The van der Waals surface area contributed by atoms with Crippen LogP contribution in [-0.2, 0) is 20.9 Å². The van der Waals surface area contributed by atoms with Crippen molar-refractivity contribution in [1.29, 1.82) is 0 Å². The average Bonchev–Trinajstić information content (AvgIpc) is 2.64. The van der Waals surface area contributed by atoms with Gasteiger partial charge in [-0.05, 0) is 58.4 Å². The second-order valence-electron chi connectivity index (χ2n) is 8.27. The largest absolute Gasteiger partial charge is 0.481 e. The van der Waals surface area contributed by atoms with Crippen LogP contribution in [0, 0.1) is 0 Å². The summed E-state index contributed by atoms with van der Waals surface area (Å²) in [5, 5.41) is 8.71. The van der Waals surface area contributed by atoms with Crippen molar-refractivity contribution in [3.8, 4) is 0 Å². The lowest BCUT2D eigenvalue weighted by Gasteiger charge is -2.27. The Bertz CT molecular complexity index is 583. The van der Waals surface area contributed by atoms with Gasteiger partial charge in [-0.15, -0.1) is 0 Å². The number of hydrogen-bond acceptors (Lipinski definition) is 4. The lowest BCUT2D eigenvalue weighted by Crippen LogP contribution is -2.38. The molecule has 0 radical (unpaired) electrons. The van der Waals surface area contributed by atoms with E-state index in [0.29, 0.717) is 32.7 Å². The minimum Gasteiger partial charge on any atom is -0.481 e. The summed E-state index contributed by atoms with van der Waals surface area (Å²) in [6.45, 7) is 8.16. The van der Waals surface area contributed by atoms with E-state index < -0.39 is 11.6 Å². The third kappa shape index (κ3) is 13.7. The molecule has 0 bridgehead atoms. The standard InChI is InChI=1S/C23H37NO5/c1-23(2,3)29-22(27)24(16-10-5-9-15-21(25)26)17-11-6-12-18-28-19-20-13-7-4-8-14-20/h4,7-8,13-14H,5-6,9-12,15-19H2,1-3H3,(H,25,26). The van der Waals surface area contributed by atoms with E-state index >= 15 is 0 Å². The highest BCUT2D eigenvalue weighted by Crippen LogP contribution is 2.13. The Balaban J connectivity index is 2.26. The summed E-state index contributed by atoms with van der Waals surface area (Å²) in [7, 11) is 0. The van der Waals surface area contributed by atoms with Gasteiger partial charge in [-0.25, -0.2) is 4.79 Å². The Kier molecular flexibility index (Phi) is 12.0. The van der Waals surface area contributed by atoms with Gasteiger partial charge in [0.15, 0.2) is 0 Å². The molecular weight excluding hydrogens is 370 g/mol. The molecular formula is C23H37NO5. The summed E-state index contributed by atoms with van der Waals surface area (Å²) in [6.07, 6.45) is 4.91. The number of carbonyl (C=O) groups is 2. The predicted molar refractivity (Wildman–Crippen MR) is 114 cm³/mol. The van der Waals surface area contributed by atoms with E-state index in [0.717, 1.165) is 32.1 Å². The monoisotopic (exact) mass is 407 g/mol. The highest BCUT2D eigenvalue weighted by Gasteiger charge is 2.21. The smallest absolute Gasteiger partial charge is 0.410 e. The Labute approximate surface area is 175 Å². The number of carboxylic acid groups (broad SMARTS) is 1. The van der Waals surface area contributed by atoms with E-state index in [1.54, 1.807) is 4.90 Å². The van der Waals surface area contributed by atoms with Crippen molar-refractivity contribution in [2.24, 2.45) is 0 Å². The highest BCUT2D eigenvalue weighted by atomic mass is 16.6. The van der Waals surface area contributed by atoms with Gasteiger partial charge in [-0.1, -0.05) is 36.8 Å². The second-order valence-corrected chi connectivity index (χ2v) is 8.27. The molecule has 164 valence electrons. The predicted octanol–water partition coefficient (Wildman–Crippen LogP) is 5.26. The van der Waals surface area contributed by atoms with Crippen LogP contribution in [-0.4, -0.2) is 47.4 Å². The quantitative estimate of drug-likeness (QED) is 0.426. The summed E-state index contributed by atoms with van der Waals surface area (Å²) >= 11 is 0. The number of ether oxygens (including phenoxy) is 2. The van der Waals surface area contributed by atoms with E-state index in [1.807, 2.05) is 39.0 Å². The Morgan fingerprint density at radius 3 is 2.14 bits per heavy atom. The van der Waals surface area contributed by atoms with Crippen molar-refractivity contribution in [3.05, 3.63) is 35.9 Å². The zero-order valence-corrected chi connectivity index (χ0v) is 18.2. The van der Waals surface area contributed by atoms with Crippen molar-refractivity contribution in [2.75, 3.05) is 19.7 Å². The van der Waals surface area contributed by atoms with Crippen LogP contribution < -0.4 is 0 Å². The van der Waals surface area contributed by atoms with E-state index in [9.17, 15) is 9.59 Å². The molecule has 0 aliphatic carbocycles. The maximum absolute atomic E-state index is 12.4. The van der Waals surface area contributed by atoms with Gasteiger partial charge in [0, 0.05) is 26.1 Å². The fraction of sp³-hybridized carbons (Fsp3) is 0.652. The molecule has 6 heteroatoms. The fourth-order valence-corrected chi connectivity index (χ4v) is 2.82. The zero-order chi connectivity index (χ0) is 21.5. The number of amides is 1. The molecule has 29 heavy (non-hydrogen) atoms. The first-order valence-corrected chi connectivity index (χ1v) is 10.6. The van der Waals surface area contributed by atoms with Gasteiger partial charge in [0.05, 0.1) is 6.61 Å². The van der Waals surface area contributed by atoms with Crippen LogP contribution in [0.4, 0.5) is 4.79 Å². The molecule has 1 aromatic rings. The number of aliphatic carboxylic acids is 1. The molecule has 0 atom stereocenters. The van der Waals surface area contributed by atoms with Crippen LogP contribution in [0.1, 0.15) is 71.3 Å². The first-order valence-electron chi connectivity index (χ1n) is 10.6.